The maximum absolute atomic E-state index is 10.9. The molecule has 0 spiro atoms. The first-order valence-electron chi connectivity index (χ1n) is 4.44. The average Bonchev–Trinajstić information content (AvgIpc) is 2.42. The minimum atomic E-state index is -0.453. The Bertz CT molecular complexity index is 362. The van der Waals surface area contributed by atoms with E-state index in [9.17, 15) is 4.79 Å². The fourth-order valence-electron chi connectivity index (χ4n) is 1.54. The zero-order valence-electron chi connectivity index (χ0n) is 7.61. The van der Waals surface area contributed by atoms with Crippen LogP contribution in [-0.2, 0) is 13.1 Å². The van der Waals surface area contributed by atoms with Crippen LogP contribution in [0.1, 0.15) is 22.6 Å². The van der Waals surface area contributed by atoms with Gasteiger partial charge in [-0.15, -0.1) is 0 Å². The first kappa shape index (κ1) is 9.91. The molecule has 2 N–H and O–H groups in total. The minimum absolute atomic E-state index is 0.367. The summed E-state index contributed by atoms with van der Waals surface area (Å²) in [6.07, 6.45) is 1.05. The standard InChI is InChI=1S/C8H11IN4O/c9-12-2-1-3-13-6(5-12)4-7(11-13)8(10)14/h4H,1-3,5H2,(H2,10,14). The molecule has 0 saturated heterocycles. The molecular formula is C8H11IN4O. The smallest absolute Gasteiger partial charge is 0.269 e. The summed E-state index contributed by atoms with van der Waals surface area (Å²) in [6, 6.07) is 1.78. The molecule has 0 fully saturated rings. The Kier molecular flexibility index (Phi) is 2.73. The van der Waals surface area contributed by atoms with E-state index in [1.54, 1.807) is 6.07 Å². The SMILES string of the molecule is NC(=O)c1cc2n(n1)CCCN(I)C2. The number of carbonyl (C=O) groups is 1. The molecule has 2 heterocycles. The molecule has 1 aromatic rings. The van der Waals surface area contributed by atoms with E-state index in [0.29, 0.717) is 5.69 Å². The highest BCUT2D eigenvalue weighted by Crippen LogP contribution is 2.16. The molecule has 0 saturated carbocycles. The first-order chi connectivity index (χ1) is 6.66. The van der Waals surface area contributed by atoms with Crippen molar-refractivity contribution in [2.75, 3.05) is 6.54 Å². The quantitative estimate of drug-likeness (QED) is 0.608. The predicted octanol–water partition coefficient (Wildman–Crippen LogP) is 0.538. The average molecular weight is 306 g/mol. The van der Waals surface area contributed by atoms with Crippen LogP contribution in [0, 0.1) is 0 Å². The maximum Gasteiger partial charge on any atom is 0.269 e. The molecule has 6 heteroatoms. The van der Waals surface area contributed by atoms with Gasteiger partial charge < -0.3 is 5.73 Å². The van der Waals surface area contributed by atoms with Gasteiger partial charge in [-0.25, -0.2) is 3.11 Å². The van der Waals surface area contributed by atoms with Gasteiger partial charge in [-0.1, -0.05) is 0 Å². The highest BCUT2D eigenvalue weighted by molar-refractivity contribution is 14.1. The summed E-state index contributed by atoms with van der Waals surface area (Å²) in [5, 5.41) is 4.16. The fourth-order valence-corrected chi connectivity index (χ4v) is 2.23. The third-order valence-corrected chi connectivity index (χ3v) is 3.04. The van der Waals surface area contributed by atoms with Crippen molar-refractivity contribution in [2.24, 2.45) is 5.73 Å². The van der Waals surface area contributed by atoms with E-state index in [1.807, 2.05) is 4.68 Å². The summed E-state index contributed by atoms with van der Waals surface area (Å²) < 4.78 is 4.06. The van der Waals surface area contributed by atoms with E-state index < -0.39 is 5.91 Å². The zero-order valence-corrected chi connectivity index (χ0v) is 9.77. The van der Waals surface area contributed by atoms with Crippen molar-refractivity contribution in [3.63, 3.8) is 0 Å². The molecule has 1 amide bonds. The molecular weight excluding hydrogens is 295 g/mol. The molecule has 0 aromatic carbocycles. The lowest BCUT2D eigenvalue weighted by molar-refractivity contribution is 0.0994. The van der Waals surface area contributed by atoms with E-state index in [1.165, 1.54) is 0 Å². The highest BCUT2D eigenvalue weighted by Gasteiger charge is 2.16. The van der Waals surface area contributed by atoms with Gasteiger partial charge in [0.15, 0.2) is 0 Å². The van der Waals surface area contributed by atoms with Crippen LogP contribution in [0.3, 0.4) is 0 Å². The van der Waals surface area contributed by atoms with Crippen LogP contribution in [0.5, 0.6) is 0 Å². The molecule has 0 bridgehead atoms. The summed E-state index contributed by atoms with van der Waals surface area (Å²) in [4.78, 5) is 10.9. The van der Waals surface area contributed by atoms with Crippen molar-refractivity contribution >= 4 is 28.8 Å². The van der Waals surface area contributed by atoms with Gasteiger partial charge in [0.2, 0.25) is 0 Å². The van der Waals surface area contributed by atoms with Gasteiger partial charge in [-0.2, -0.15) is 5.10 Å². The van der Waals surface area contributed by atoms with Gasteiger partial charge in [0.05, 0.1) is 12.2 Å². The number of primary amides is 1. The monoisotopic (exact) mass is 306 g/mol. The van der Waals surface area contributed by atoms with Gasteiger partial charge >= 0.3 is 0 Å². The molecule has 1 aliphatic rings. The first-order valence-corrected chi connectivity index (χ1v) is 5.40. The van der Waals surface area contributed by atoms with Crippen LogP contribution in [0.15, 0.2) is 6.07 Å². The second-order valence-electron chi connectivity index (χ2n) is 3.31. The lowest BCUT2D eigenvalue weighted by atomic mass is 10.3. The molecule has 76 valence electrons. The van der Waals surface area contributed by atoms with E-state index in [2.05, 4.69) is 31.1 Å². The van der Waals surface area contributed by atoms with Crippen molar-refractivity contribution in [2.45, 2.75) is 19.5 Å². The van der Waals surface area contributed by atoms with E-state index in [0.717, 1.165) is 31.7 Å². The van der Waals surface area contributed by atoms with Crippen LogP contribution < -0.4 is 5.73 Å². The van der Waals surface area contributed by atoms with Crippen LogP contribution in [0.2, 0.25) is 0 Å². The molecule has 0 aliphatic carbocycles. The number of hydrogen-bond acceptors (Lipinski definition) is 3. The normalized spacial score (nSPS) is 17.5. The molecule has 14 heavy (non-hydrogen) atoms. The number of carbonyl (C=O) groups excluding carboxylic acids is 1. The summed E-state index contributed by atoms with van der Waals surface area (Å²) >= 11 is 2.28. The van der Waals surface area contributed by atoms with Crippen LogP contribution >= 0.6 is 22.9 Å². The van der Waals surface area contributed by atoms with Gasteiger partial charge in [0.25, 0.3) is 5.91 Å². The van der Waals surface area contributed by atoms with E-state index in [-0.39, 0.29) is 0 Å². The highest BCUT2D eigenvalue weighted by atomic mass is 127. The van der Waals surface area contributed by atoms with Crippen molar-refractivity contribution < 1.29 is 4.79 Å². The molecule has 5 nitrogen and oxygen atoms in total. The molecule has 0 atom stereocenters. The Labute approximate surface area is 95.7 Å². The number of aromatic nitrogens is 2. The Morgan fingerprint density at radius 2 is 2.36 bits per heavy atom. The van der Waals surface area contributed by atoms with Gasteiger partial charge in [0.1, 0.15) is 5.69 Å². The zero-order chi connectivity index (χ0) is 10.1. The largest absolute Gasteiger partial charge is 0.364 e. The lowest BCUT2D eigenvalue weighted by Crippen LogP contribution is -2.13. The number of aryl methyl sites for hydroxylation is 1. The number of rotatable bonds is 1. The Hall–Kier alpha value is -0.630. The van der Waals surface area contributed by atoms with Gasteiger partial charge in [-0.05, 0) is 12.5 Å². The lowest BCUT2D eigenvalue weighted by Gasteiger charge is -2.07. The number of nitrogens with two attached hydrogens (primary N) is 1. The third kappa shape index (κ3) is 1.90. The molecule has 1 aliphatic heterocycles. The Morgan fingerprint density at radius 1 is 1.57 bits per heavy atom. The predicted molar refractivity (Wildman–Crippen MR) is 59.8 cm³/mol. The van der Waals surface area contributed by atoms with Crippen LogP contribution in [-0.4, -0.2) is 25.3 Å². The Morgan fingerprint density at radius 3 is 3.07 bits per heavy atom. The van der Waals surface area contributed by atoms with Crippen molar-refractivity contribution in [3.8, 4) is 0 Å². The summed E-state index contributed by atoms with van der Waals surface area (Å²) in [5.41, 5.74) is 6.60. The molecule has 2 rings (SSSR count). The van der Waals surface area contributed by atoms with Crippen molar-refractivity contribution in [1.29, 1.82) is 0 Å². The summed E-state index contributed by atoms with van der Waals surface area (Å²) in [7, 11) is 0. The maximum atomic E-state index is 10.9. The van der Waals surface area contributed by atoms with Crippen molar-refractivity contribution in [1.82, 2.24) is 12.9 Å². The van der Waals surface area contributed by atoms with Gasteiger partial charge in [0, 0.05) is 36.0 Å². The molecule has 0 radical (unpaired) electrons. The number of hydrogen-bond donors (Lipinski definition) is 1. The molecule has 0 unspecified atom stereocenters. The summed E-state index contributed by atoms with van der Waals surface area (Å²) in [5.74, 6) is -0.453. The molecule has 1 aromatic heterocycles. The van der Waals surface area contributed by atoms with Crippen molar-refractivity contribution in [3.05, 3.63) is 17.5 Å². The number of nitrogens with zero attached hydrogens (tertiary/aromatic N) is 3. The van der Waals surface area contributed by atoms with Crippen LogP contribution in [0.4, 0.5) is 0 Å². The Balaban J connectivity index is 2.31. The number of fused-ring (bicyclic) bond motifs is 1. The third-order valence-electron chi connectivity index (χ3n) is 2.22. The minimum Gasteiger partial charge on any atom is -0.364 e. The van der Waals surface area contributed by atoms with E-state index >= 15 is 0 Å². The number of halogens is 1. The topological polar surface area (TPSA) is 64.2 Å². The van der Waals surface area contributed by atoms with E-state index in [4.69, 9.17) is 5.73 Å². The van der Waals surface area contributed by atoms with Crippen LogP contribution in [0.25, 0.3) is 0 Å². The fraction of sp³-hybridized carbons (Fsp3) is 0.500. The number of amides is 1. The van der Waals surface area contributed by atoms with Gasteiger partial charge in [-0.3, -0.25) is 9.48 Å². The second-order valence-corrected chi connectivity index (χ2v) is 4.67. The second kappa shape index (κ2) is 3.85. The summed E-state index contributed by atoms with van der Waals surface area (Å²) in [6.45, 7) is 2.73.